The lowest BCUT2D eigenvalue weighted by atomic mass is 10.1. The molecule has 0 aliphatic rings. The topological polar surface area (TPSA) is 95.4 Å². The number of nitrogens with zero attached hydrogens (tertiary/aromatic N) is 5. The molecule has 0 aliphatic heterocycles. The van der Waals surface area contributed by atoms with E-state index in [-0.39, 0.29) is 6.61 Å². The predicted octanol–water partition coefficient (Wildman–Crippen LogP) is 3.66. The SMILES string of the molecule is CC(=O)OCc1onc(-c2ccccc2)c1-c1nnc2c3ccccc3cnn12. The molecule has 0 atom stereocenters. The van der Waals surface area contributed by atoms with Gasteiger partial charge in [-0.3, -0.25) is 4.79 Å². The van der Waals surface area contributed by atoms with Crippen LogP contribution in [0.3, 0.4) is 0 Å². The second kappa shape index (κ2) is 6.83. The van der Waals surface area contributed by atoms with E-state index in [1.54, 1.807) is 10.7 Å². The lowest BCUT2D eigenvalue weighted by Crippen LogP contribution is -2.01. The Hall–Kier alpha value is -4.07. The van der Waals surface area contributed by atoms with Crippen LogP contribution in [0.15, 0.2) is 65.3 Å². The molecule has 29 heavy (non-hydrogen) atoms. The van der Waals surface area contributed by atoms with Crippen molar-refractivity contribution in [2.75, 3.05) is 0 Å². The number of hydrogen-bond acceptors (Lipinski definition) is 7. The third-order valence-corrected chi connectivity index (χ3v) is 4.59. The van der Waals surface area contributed by atoms with Crippen molar-refractivity contribution in [2.45, 2.75) is 13.5 Å². The molecule has 0 spiro atoms. The van der Waals surface area contributed by atoms with Gasteiger partial charge in [0.2, 0.25) is 0 Å². The number of ether oxygens (including phenoxy) is 1. The standard InChI is InChI=1S/C21H15N5O3/c1-13(27)28-12-17-18(19(25-29-17)14-7-3-2-4-8-14)21-24-23-20-16-10-6-5-9-15(16)11-22-26(20)21/h2-11H,12H2,1H3. The van der Waals surface area contributed by atoms with Gasteiger partial charge in [-0.15, -0.1) is 10.2 Å². The highest BCUT2D eigenvalue weighted by Gasteiger charge is 2.25. The summed E-state index contributed by atoms with van der Waals surface area (Å²) in [5.74, 6) is 0.431. The maximum atomic E-state index is 11.3. The van der Waals surface area contributed by atoms with Gasteiger partial charge < -0.3 is 9.26 Å². The quantitative estimate of drug-likeness (QED) is 0.436. The fraction of sp³-hybridized carbons (Fsp3) is 0.0952. The van der Waals surface area contributed by atoms with Gasteiger partial charge in [-0.05, 0) is 0 Å². The van der Waals surface area contributed by atoms with Crippen LogP contribution in [0.25, 0.3) is 39.1 Å². The smallest absolute Gasteiger partial charge is 0.303 e. The average molecular weight is 385 g/mol. The van der Waals surface area contributed by atoms with Gasteiger partial charge in [0.15, 0.2) is 23.8 Å². The van der Waals surface area contributed by atoms with Gasteiger partial charge in [0.25, 0.3) is 0 Å². The minimum Gasteiger partial charge on any atom is -0.458 e. The first-order valence-corrected chi connectivity index (χ1v) is 8.99. The lowest BCUT2D eigenvalue weighted by Gasteiger charge is -2.04. The van der Waals surface area contributed by atoms with E-state index in [2.05, 4.69) is 20.5 Å². The van der Waals surface area contributed by atoms with Crippen LogP contribution in [-0.2, 0) is 16.1 Å². The van der Waals surface area contributed by atoms with Crippen molar-refractivity contribution in [3.05, 3.63) is 66.6 Å². The van der Waals surface area contributed by atoms with Crippen LogP contribution in [0.4, 0.5) is 0 Å². The van der Waals surface area contributed by atoms with Crippen molar-refractivity contribution >= 4 is 22.4 Å². The molecule has 5 aromatic rings. The zero-order valence-electron chi connectivity index (χ0n) is 15.4. The number of aromatic nitrogens is 5. The first kappa shape index (κ1) is 17.1. The Bertz CT molecular complexity index is 1340. The maximum absolute atomic E-state index is 11.3. The van der Waals surface area contributed by atoms with Crippen molar-refractivity contribution in [3.8, 4) is 22.6 Å². The minimum absolute atomic E-state index is 0.0625. The second-order valence-electron chi connectivity index (χ2n) is 6.47. The number of fused-ring (bicyclic) bond motifs is 3. The number of benzene rings is 2. The Morgan fingerprint density at radius 1 is 1.07 bits per heavy atom. The first-order chi connectivity index (χ1) is 14.2. The van der Waals surface area contributed by atoms with E-state index in [1.807, 2.05) is 54.6 Å². The highest BCUT2D eigenvalue weighted by Crippen LogP contribution is 2.34. The van der Waals surface area contributed by atoms with Gasteiger partial charge >= 0.3 is 5.97 Å². The highest BCUT2D eigenvalue weighted by atomic mass is 16.5. The molecule has 0 saturated heterocycles. The van der Waals surface area contributed by atoms with Gasteiger partial charge in [-0.25, -0.2) is 0 Å². The van der Waals surface area contributed by atoms with Crippen molar-refractivity contribution in [3.63, 3.8) is 0 Å². The van der Waals surface area contributed by atoms with E-state index >= 15 is 0 Å². The fourth-order valence-corrected chi connectivity index (χ4v) is 3.26. The number of hydrogen-bond donors (Lipinski definition) is 0. The van der Waals surface area contributed by atoms with E-state index in [4.69, 9.17) is 9.26 Å². The van der Waals surface area contributed by atoms with Crippen molar-refractivity contribution < 1.29 is 14.1 Å². The predicted molar refractivity (Wildman–Crippen MR) is 105 cm³/mol. The molecular formula is C21H15N5O3. The third kappa shape index (κ3) is 2.91. The lowest BCUT2D eigenvalue weighted by molar-refractivity contribution is -0.142. The molecule has 3 heterocycles. The van der Waals surface area contributed by atoms with Crippen molar-refractivity contribution in [1.82, 2.24) is 25.0 Å². The van der Waals surface area contributed by atoms with Crippen molar-refractivity contribution in [2.24, 2.45) is 0 Å². The summed E-state index contributed by atoms with van der Waals surface area (Å²) < 4.78 is 12.3. The Morgan fingerprint density at radius 2 is 1.86 bits per heavy atom. The number of esters is 1. The zero-order chi connectivity index (χ0) is 19.8. The Morgan fingerprint density at radius 3 is 2.69 bits per heavy atom. The Kier molecular flexibility index (Phi) is 4.02. The Balaban J connectivity index is 1.75. The second-order valence-corrected chi connectivity index (χ2v) is 6.47. The summed E-state index contributed by atoms with van der Waals surface area (Å²) in [4.78, 5) is 11.3. The zero-order valence-corrected chi connectivity index (χ0v) is 15.4. The van der Waals surface area contributed by atoms with Crippen LogP contribution in [0.2, 0.25) is 0 Å². The van der Waals surface area contributed by atoms with E-state index in [9.17, 15) is 4.79 Å². The van der Waals surface area contributed by atoms with Crippen LogP contribution in [0.5, 0.6) is 0 Å². The molecule has 8 heteroatoms. The molecule has 0 radical (unpaired) electrons. The first-order valence-electron chi connectivity index (χ1n) is 8.99. The molecule has 0 bridgehead atoms. The van der Waals surface area contributed by atoms with Crippen LogP contribution in [0.1, 0.15) is 12.7 Å². The minimum atomic E-state index is -0.413. The molecule has 142 valence electrons. The van der Waals surface area contributed by atoms with Gasteiger partial charge in [0, 0.05) is 23.3 Å². The van der Waals surface area contributed by atoms with E-state index in [1.165, 1.54) is 6.92 Å². The fourth-order valence-electron chi connectivity index (χ4n) is 3.26. The molecule has 2 aromatic carbocycles. The van der Waals surface area contributed by atoms with Gasteiger partial charge in [-0.1, -0.05) is 59.8 Å². The summed E-state index contributed by atoms with van der Waals surface area (Å²) in [7, 11) is 0. The summed E-state index contributed by atoms with van der Waals surface area (Å²) in [6.07, 6.45) is 1.76. The summed E-state index contributed by atoms with van der Waals surface area (Å²) in [5, 5.41) is 19.3. The number of rotatable bonds is 4. The van der Waals surface area contributed by atoms with Crippen LogP contribution in [0, 0.1) is 0 Å². The summed E-state index contributed by atoms with van der Waals surface area (Å²) in [5.41, 5.74) is 2.64. The summed E-state index contributed by atoms with van der Waals surface area (Å²) >= 11 is 0. The van der Waals surface area contributed by atoms with Crippen LogP contribution in [-0.4, -0.2) is 30.9 Å². The average Bonchev–Trinajstić information content (AvgIpc) is 3.36. The molecule has 3 aromatic heterocycles. The van der Waals surface area contributed by atoms with Crippen LogP contribution >= 0.6 is 0 Å². The van der Waals surface area contributed by atoms with Gasteiger partial charge in [0.1, 0.15) is 5.69 Å². The molecule has 5 rings (SSSR count). The molecule has 0 aliphatic carbocycles. The Labute approximate surface area is 164 Å². The third-order valence-electron chi connectivity index (χ3n) is 4.59. The number of carbonyl (C=O) groups is 1. The molecule has 8 nitrogen and oxygen atoms in total. The van der Waals surface area contributed by atoms with E-state index in [0.717, 1.165) is 16.3 Å². The molecule has 0 fully saturated rings. The number of carbonyl (C=O) groups excluding carboxylic acids is 1. The summed E-state index contributed by atoms with van der Waals surface area (Å²) in [6.45, 7) is 1.28. The monoisotopic (exact) mass is 385 g/mol. The molecule has 0 N–H and O–H groups in total. The normalized spacial score (nSPS) is 11.2. The van der Waals surface area contributed by atoms with Crippen LogP contribution < -0.4 is 0 Å². The summed E-state index contributed by atoms with van der Waals surface area (Å²) in [6, 6.07) is 17.4. The molecule has 0 unspecified atom stereocenters. The van der Waals surface area contributed by atoms with Gasteiger partial charge in [0.05, 0.1) is 11.8 Å². The highest BCUT2D eigenvalue weighted by molar-refractivity contribution is 5.94. The molecule has 0 saturated carbocycles. The van der Waals surface area contributed by atoms with E-state index in [0.29, 0.717) is 28.5 Å². The largest absolute Gasteiger partial charge is 0.458 e. The molecular weight excluding hydrogens is 370 g/mol. The maximum Gasteiger partial charge on any atom is 0.303 e. The van der Waals surface area contributed by atoms with Gasteiger partial charge in [-0.2, -0.15) is 9.61 Å². The van der Waals surface area contributed by atoms with E-state index < -0.39 is 5.97 Å². The van der Waals surface area contributed by atoms with Crippen molar-refractivity contribution in [1.29, 1.82) is 0 Å². The molecule has 0 amide bonds.